The Balaban J connectivity index is 1.42. The van der Waals surface area contributed by atoms with Gasteiger partial charge < -0.3 is 20.3 Å². The molecule has 2 aromatic heterocycles. The molecule has 5 rings (SSSR count). The molecule has 2 saturated heterocycles. The van der Waals surface area contributed by atoms with Crippen LogP contribution in [-0.4, -0.2) is 59.6 Å². The molecule has 3 N–H and O–H groups in total. The van der Waals surface area contributed by atoms with Crippen molar-refractivity contribution in [1.82, 2.24) is 20.2 Å². The average molecular weight is 389 g/mol. The molecule has 0 radical (unpaired) electrons. The number of fused-ring (bicyclic) bond motifs is 2. The van der Waals surface area contributed by atoms with Gasteiger partial charge in [-0.15, -0.1) is 10.2 Å². The zero-order valence-corrected chi connectivity index (χ0v) is 15.9. The minimum absolute atomic E-state index is 0.00262. The smallest absolute Gasteiger partial charge is 0.255 e. The Hall–Kier alpha value is -2.20. The highest BCUT2D eigenvalue weighted by molar-refractivity contribution is 7.18. The van der Waals surface area contributed by atoms with Crippen molar-refractivity contribution in [3.05, 3.63) is 21.6 Å². The number of rotatable bonds is 2. The van der Waals surface area contributed by atoms with E-state index in [1.54, 1.807) is 0 Å². The van der Waals surface area contributed by atoms with Crippen molar-refractivity contribution < 1.29 is 4.74 Å². The number of hydrogen-bond acceptors (Lipinski definition) is 9. The number of nitrogens with zero attached hydrogens (tertiary/aromatic N) is 5. The zero-order valence-electron chi connectivity index (χ0n) is 15.1. The summed E-state index contributed by atoms with van der Waals surface area (Å²) < 4.78 is 5.42. The molecular weight excluding hydrogens is 366 g/mol. The summed E-state index contributed by atoms with van der Waals surface area (Å²) in [7, 11) is 0. The van der Waals surface area contributed by atoms with Gasteiger partial charge in [-0.3, -0.25) is 9.78 Å². The largest absolute Gasteiger partial charge is 0.378 e. The van der Waals surface area contributed by atoms with E-state index >= 15 is 0 Å². The van der Waals surface area contributed by atoms with Crippen molar-refractivity contribution >= 4 is 27.5 Å². The molecule has 4 heterocycles. The van der Waals surface area contributed by atoms with Crippen LogP contribution < -0.4 is 21.1 Å². The van der Waals surface area contributed by atoms with Crippen LogP contribution in [0.3, 0.4) is 0 Å². The SMILES string of the molecule is Nc1nnc(N2CCC3(CCc4c3nc(N3CCOCC3)[nH]c4=O)CC2)s1. The summed E-state index contributed by atoms with van der Waals surface area (Å²) in [4.78, 5) is 25.0. The van der Waals surface area contributed by atoms with Crippen molar-refractivity contribution in [2.24, 2.45) is 0 Å². The van der Waals surface area contributed by atoms with E-state index in [4.69, 9.17) is 15.5 Å². The lowest BCUT2D eigenvalue weighted by molar-refractivity contribution is 0.122. The summed E-state index contributed by atoms with van der Waals surface area (Å²) in [5.41, 5.74) is 7.64. The molecule has 27 heavy (non-hydrogen) atoms. The molecule has 0 atom stereocenters. The highest BCUT2D eigenvalue weighted by Gasteiger charge is 2.44. The van der Waals surface area contributed by atoms with Crippen LogP contribution in [0.1, 0.15) is 30.5 Å². The number of nitrogens with two attached hydrogens (primary N) is 1. The Labute approximate surface area is 160 Å². The van der Waals surface area contributed by atoms with Crippen LogP contribution in [-0.2, 0) is 16.6 Å². The van der Waals surface area contributed by atoms with Gasteiger partial charge in [-0.05, 0) is 25.7 Å². The monoisotopic (exact) mass is 389 g/mol. The van der Waals surface area contributed by atoms with Gasteiger partial charge in [0.05, 0.1) is 18.9 Å². The molecule has 2 fully saturated rings. The molecule has 2 aromatic rings. The Bertz CT molecular complexity index is 897. The van der Waals surface area contributed by atoms with Crippen molar-refractivity contribution in [1.29, 1.82) is 0 Å². The lowest BCUT2D eigenvalue weighted by atomic mass is 9.76. The molecule has 2 aliphatic heterocycles. The molecule has 0 unspecified atom stereocenters. The van der Waals surface area contributed by atoms with Crippen LogP contribution in [0.4, 0.5) is 16.2 Å². The third kappa shape index (κ3) is 2.87. The van der Waals surface area contributed by atoms with E-state index in [1.807, 2.05) is 0 Å². The Morgan fingerprint density at radius 1 is 1.07 bits per heavy atom. The fraction of sp³-hybridized carbons (Fsp3) is 0.647. The van der Waals surface area contributed by atoms with Crippen molar-refractivity contribution in [3.8, 4) is 0 Å². The fourth-order valence-corrected chi connectivity index (χ4v) is 5.19. The maximum absolute atomic E-state index is 12.7. The first-order valence-electron chi connectivity index (χ1n) is 9.45. The molecule has 1 aliphatic carbocycles. The summed E-state index contributed by atoms with van der Waals surface area (Å²) in [6.45, 7) is 4.64. The summed E-state index contributed by atoms with van der Waals surface area (Å²) in [6, 6.07) is 0. The number of ether oxygens (including phenoxy) is 1. The van der Waals surface area contributed by atoms with Crippen LogP contribution in [0.5, 0.6) is 0 Å². The summed E-state index contributed by atoms with van der Waals surface area (Å²) in [5.74, 6) is 0.697. The standard InChI is InChI=1S/C17H23N7O2S/c18-14-21-22-16(27-14)24-5-3-17(4-6-24)2-1-11-12(17)19-15(20-13(11)25)23-7-9-26-10-8-23/h1-10H2,(H2,18,21)(H,19,20,25). The van der Waals surface area contributed by atoms with Gasteiger partial charge in [-0.2, -0.15) is 0 Å². The van der Waals surface area contributed by atoms with Crippen molar-refractivity contribution in [2.75, 3.05) is 54.9 Å². The van der Waals surface area contributed by atoms with Gasteiger partial charge in [0, 0.05) is 37.2 Å². The van der Waals surface area contributed by atoms with E-state index in [1.165, 1.54) is 11.3 Å². The predicted molar refractivity (Wildman–Crippen MR) is 104 cm³/mol. The third-order valence-electron chi connectivity index (χ3n) is 6.09. The molecule has 0 bridgehead atoms. The first-order chi connectivity index (χ1) is 13.1. The number of anilines is 3. The lowest BCUT2D eigenvalue weighted by Crippen LogP contribution is -2.43. The molecule has 9 nitrogen and oxygen atoms in total. The second kappa shape index (κ2) is 6.45. The number of aromatic amines is 1. The van der Waals surface area contributed by atoms with Crippen LogP contribution in [0.15, 0.2) is 4.79 Å². The van der Waals surface area contributed by atoms with E-state index in [9.17, 15) is 4.79 Å². The van der Waals surface area contributed by atoms with E-state index in [0.29, 0.717) is 24.3 Å². The van der Waals surface area contributed by atoms with Crippen molar-refractivity contribution in [2.45, 2.75) is 31.1 Å². The molecule has 10 heteroatoms. The molecular formula is C17H23N7O2S. The number of aromatic nitrogens is 4. The quantitative estimate of drug-likeness (QED) is 0.764. The van der Waals surface area contributed by atoms with Gasteiger partial charge in [0.1, 0.15) is 0 Å². The third-order valence-corrected chi connectivity index (χ3v) is 6.90. The number of morpholine rings is 1. The normalized spacial score (nSPS) is 21.6. The van der Waals surface area contributed by atoms with Crippen LogP contribution in [0.25, 0.3) is 0 Å². The first-order valence-corrected chi connectivity index (χ1v) is 10.3. The number of nitrogen functional groups attached to an aromatic ring is 1. The summed E-state index contributed by atoms with van der Waals surface area (Å²) in [5, 5.41) is 9.47. The van der Waals surface area contributed by atoms with Gasteiger partial charge in [0.2, 0.25) is 16.2 Å². The number of nitrogens with one attached hydrogen (secondary N) is 1. The Morgan fingerprint density at radius 2 is 1.85 bits per heavy atom. The molecule has 0 saturated carbocycles. The van der Waals surface area contributed by atoms with Gasteiger partial charge in [-0.25, -0.2) is 4.98 Å². The van der Waals surface area contributed by atoms with E-state index < -0.39 is 0 Å². The second-order valence-electron chi connectivity index (χ2n) is 7.51. The van der Waals surface area contributed by atoms with Gasteiger partial charge >= 0.3 is 0 Å². The topological polar surface area (TPSA) is 113 Å². The minimum atomic E-state index is -0.00262. The fourth-order valence-electron chi connectivity index (χ4n) is 4.53. The Kier molecular flexibility index (Phi) is 4.05. The first kappa shape index (κ1) is 16.9. The average Bonchev–Trinajstić information content (AvgIpc) is 3.28. The molecule has 144 valence electrons. The Morgan fingerprint density at radius 3 is 2.56 bits per heavy atom. The highest BCUT2D eigenvalue weighted by atomic mass is 32.1. The maximum atomic E-state index is 12.7. The molecule has 0 aromatic carbocycles. The summed E-state index contributed by atoms with van der Waals surface area (Å²) in [6.07, 6.45) is 3.75. The highest BCUT2D eigenvalue weighted by Crippen LogP contribution is 2.45. The minimum Gasteiger partial charge on any atom is -0.378 e. The van der Waals surface area contributed by atoms with Crippen LogP contribution in [0.2, 0.25) is 0 Å². The van der Waals surface area contributed by atoms with Gasteiger partial charge in [0.25, 0.3) is 5.56 Å². The predicted octanol–water partition coefficient (Wildman–Crippen LogP) is 0.525. The number of piperidine rings is 1. The molecule has 1 spiro atoms. The number of H-pyrrole nitrogens is 1. The second-order valence-corrected chi connectivity index (χ2v) is 8.49. The van der Waals surface area contributed by atoms with Crippen molar-refractivity contribution in [3.63, 3.8) is 0 Å². The van der Waals surface area contributed by atoms with Crippen LogP contribution in [0, 0.1) is 0 Å². The van der Waals surface area contributed by atoms with Crippen LogP contribution >= 0.6 is 11.3 Å². The van der Waals surface area contributed by atoms with E-state index in [0.717, 1.165) is 68.3 Å². The van der Waals surface area contributed by atoms with Gasteiger partial charge in [0.15, 0.2) is 0 Å². The summed E-state index contributed by atoms with van der Waals surface area (Å²) >= 11 is 1.43. The van der Waals surface area contributed by atoms with Gasteiger partial charge in [-0.1, -0.05) is 11.3 Å². The number of hydrogen-bond donors (Lipinski definition) is 2. The molecule has 3 aliphatic rings. The maximum Gasteiger partial charge on any atom is 0.255 e. The van der Waals surface area contributed by atoms with E-state index in [2.05, 4.69) is 25.0 Å². The molecule has 0 amide bonds. The van der Waals surface area contributed by atoms with E-state index in [-0.39, 0.29) is 11.0 Å². The lowest BCUT2D eigenvalue weighted by Gasteiger charge is -2.39. The zero-order chi connectivity index (χ0) is 18.4.